The van der Waals surface area contributed by atoms with Crippen molar-refractivity contribution in [2.45, 2.75) is 6.42 Å². The topological polar surface area (TPSA) is 66.4 Å². The third-order valence-corrected chi connectivity index (χ3v) is 1.02. The Morgan fingerprint density at radius 3 is 2.58 bits per heavy atom. The molecule has 0 heterocycles. The molecule has 4 nitrogen and oxygen atoms in total. The van der Waals surface area contributed by atoms with Crippen LogP contribution in [0.5, 0.6) is 0 Å². The van der Waals surface area contributed by atoms with E-state index in [1.54, 1.807) is 6.08 Å². The zero-order valence-electron chi connectivity index (χ0n) is 6.62. The second kappa shape index (κ2) is 6.15. The van der Waals surface area contributed by atoms with Crippen LogP contribution in [0, 0.1) is 0 Å². The summed E-state index contributed by atoms with van der Waals surface area (Å²) >= 11 is 0. The molecule has 0 saturated carbocycles. The molecule has 0 aromatic carbocycles. The van der Waals surface area contributed by atoms with E-state index < -0.39 is 11.9 Å². The van der Waals surface area contributed by atoms with Crippen LogP contribution in [0.3, 0.4) is 0 Å². The van der Waals surface area contributed by atoms with Gasteiger partial charge in [-0.3, -0.25) is 4.79 Å². The number of carbonyl (C=O) groups is 2. The summed E-state index contributed by atoms with van der Waals surface area (Å²) < 4.78 is 0. The van der Waals surface area contributed by atoms with E-state index in [1.807, 2.05) is 0 Å². The molecule has 0 aliphatic rings. The van der Waals surface area contributed by atoms with Crippen LogP contribution >= 0.6 is 0 Å². The van der Waals surface area contributed by atoms with Gasteiger partial charge in [-0.25, -0.2) is 4.79 Å². The number of nitrogens with one attached hydrogen (secondary N) is 1. The highest BCUT2D eigenvalue weighted by molar-refractivity contribution is 5.93. The highest BCUT2D eigenvalue weighted by atomic mass is 16.4. The fourth-order valence-electron chi connectivity index (χ4n) is 0.503. The lowest BCUT2D eigenvalue weighted by atomic mass is 10.4. The lowest BCUT2D eigenvalue weighted by Gasteiger charge is -1.96. The molecule has 0 bridgehead atoms. The Labute approximate surface area is 70.6 Å². The van der Waals surface area contributed by atoms with E-state index in [-0.39, 0.29) is 0 Å². The SMILES string of the molecule is C=CCCNC(=O)/C=C/C(=O)O. The first kappa shape index (κ1) is 10.4. The van der Waals surface area contributed by atoms with Gasteiger partial charge >= 0.3 is 5.97 Å². The fraction of sp³-hybridized carbons (Fsp3) is 0.250. The maximum atomic E-state index is 10.7. The normalized spacial score (nSPS) is 9.67. The molecule has 0 atom stereocenters. The Morgan fingerprint density at radius 1 is 1.42 bits per heavy atom. The molecular weight excluding hydrogens is 158 g/mol. The summed E-state index contributed by atoms with van der Waals surface area (Å²) in [6.45, 7) is 3.95. The molecule has 66 valence electrons. The minimum absolute atomic E-state index is 0.403. The maximum Gasteiger partial charge on any atom is 0.328 e. The van der Waals surface area contributed by atoms with E-state index in [4.69, 9.17) is 5.11 Å². The summed E-state index contributed by atoms with van der Waals surface area (Å²) in [7, 11) is 0. The molecule has 12 heavy (non-hydrogen) atoms. The quantitative estimate of drug-likeness (QED) is 0.354. The lowest BCUT2D eigenvalue weighted by molar-refractivity contribution is -0.131. The predicted molar refractivity (Wildman–Crippen MR) is 44.6 cm³/mol. The minimum atomic E-state index is -1.13. The zero-order valence-corrected chi connectivity index (χ0v) is 6.62. The fourth-order valence-corrected chi connectivity index (χ4v) is 0.503. The molecule has 1 amide bonds. The van der Waals surface area contributed by atoms with Gasteiger partial charge in [-0.1, -0.05) is 6.08 Å². The molecule has 0 aliphatic carbocycles. The van der Waals surface area contributed by atoms with Crippen molar-refractivity contribution in [1.29, 1.82) is 0 Å². The van der Waals surface area contributed by atoms with E-state index in [0.29, 0.717) is 13.0 Å². The van der Waals surface area contributed by atoms with E-state index in [1.165, 1.54) is 0 Å². The summed E-state index contributed by atoms with van der Waals surface area (Å²) in [6, 6.07) is 0. The van der Waals surface area contributed by atoms with Crippen molar-refractivity contribution in [3.05, 3.63) is 24.8 Å². The molecule has 0 saturated heterocycles. The van der Waals surface area contributed by atoms with Gasteiger partial charge in [0.15, 0.2) is 0 Å². The number of carbonyl (C=O) groups excluding carboxylic acids is 1. The number of aliphatic carboxylic acids is 1. The second-order valence-corrected chi connectivity index (χ2v) is 2.04. The standard InChI is InChI=1S/C8H11NO3/c1-2-3-6-9-7(10)4-5-8(11)12/h2,4-5H,1,3,6H2,(H,9,10)(H,11,12)/b5-4+. The zero-order chi connectivity index (χ0) is 9.40. The molecule has 0 aliphatic heterocycles. The molecular formula is C8H11NO3. The van der Waals surface area contributed by atoms with Crippen molar-refractivity contribution in [2.75, 3.05) is 6.54 Å². The maximum absolute atomic E-state index is 10.7. The molecule has 4 heteroatoms. The molecule has 0 radical (unpaired) electrons. The number of carboxylic acid groups (broad SMARTS) is 1. The van der Waals surface area contributed by atoms with Gasteiger partial charge < -0.3 is 10.4 Å². The number of rotatable bonds is 5. The van der Waals surface area contributed by atoms with E-state index in [0.717, 1.165) is 12.2 Å². The minimum Gasteiger partial charge on any atom is -0.478 e. The van der Waals surface area contributed by atoms with E-state index in [9.17, 15) is 9.59 Å². The summed E-state index contributed by atoms with van der Waals surface area (Å²) in [6.07, 6.45) is 4.11. The Morgan fingerprint density at radius 2 is 2.08 bits per heavy atom. The average Bonchev–Trinajstić information content (AvgIpc) is 2.01. The Balaban J connectivity index is 3.59. The van der Waals surface area contributed by atoms with Crippen LogP contribution in [0.1, 0.15) is 6.42 Å². The lowest BCUT2D eigenvalue weighted by Crippen LogP contribution is -2.21. The molecule has 0 aromatic heterocycles. The number of hydrogen-bond acceptors (Lipinski definition) is 2. The molecule has 0 unspecified atom stereocenters. The Kier molecular flexibility index (Phi) is 5.34. The van der Waals surface area contributed by atoms with Crippen molar-refractivity contribution in [1.82, 2.24) is 5.32 Å². The summed E-state index contributed by atoms with van der Waals surface area (Å²) in [4.78, 5) is 20.7. The van der Waals surface area contributed by atoms with Crippen LogP contribution in [0.15, 0.2) is 24.8 Å². The average molecular weight is 169 g/mol. The van der Waals surface area contributed by atoms with Crippen molar-refractivity contribution >= 4 is 11.9 Å². The summed E-state index contributed by atoms with van der Waals surface area (Å²) in [5, 5.41) is 10.6. The van der Waals surface area contributed by atoms with Gasteiger partial charge in [-0.05, 0) is 6.42 Å². The highest BCUT2D eigenvalue weighted by Crippen LogP contribution is 1.78. The van der Waals surface area contributed by atoms with Crippen molar-refractivity contribution in [2.24, 2.45) is 0 Å². The largest absolute Gasteiger partial charge is 0.478 e. The number of hydrogen-bond donors (Lipinski definition) is 2. The van der Waals surface area contributed by atoms with Gasteiger partial charge in [0.05, 0.1) is 0 Å². The van der Waals surface area contributed by atoms with Crippen LogP contribution in [-0.4, -0.2) is 23.5 Å². The smallest absolute Gasteiger partial charge is 0.328 e. The van der Waals surface area contributed by atoms with Crippen LogP contribution in [0.4, 0.5) is 0 Å². The molecule has 0 spiro atoms. The van der Waals surface area contributed by atoms with E-state index >= 15 is 0 Å². The summed E-state index contributed by atoms with van der Waals surface area (Å²) in [5.74, 6) is -1.53. The van der Waals surface area contributed by atoms with Crippen LogP contribution in [-0.2, 0) is 9.59 Å². The molecule has 2 N–H and O–H groups in total. The van der Waals surface area contributed by atoms with Gasteiger partial charge in [0.1, 0.15) is 0 Å². The van der Waals surface area contributed by atoms with Crippen molar-refractivity contribution in [3.8, 4) is 0 Å². The first-order valence-corrected chi connectivity index (χ1v) is 3.46. The Bertz CT molecular complexity index is 208. The molecule has 0 fully saturated rings. The first-order chi connectivity index (χ1) is 5.66. The van der Waals surface area contributed by atoms with Gasteiger partial charge in [0, 0.05) is 18.7 Å². The summed E-state index contributed by atoms with van der Waals surface area (Å²) in [5.41, 5.74) is 0. The second-order valence-electron chi connectivity index (χ2n) is 2.04. The number of carboxylic acids is 1. The van der Waals surface area contributed by atoms with Crippen LogP contribution in [0.25, 0.3) is 0 Å². The molecule has 0 rings (SSSR count). The predicted octanol–water partition coefficient (Wildman–Crippen LogP) is 0.319. The van der Waals surface area contributed by atoms with Gasteiger partial charge in [-0.2, -0.15) is 0 Å². The highest BCUT2D eigenvalue weighted by Gasteiger charge is 1.93. The van der Waals surface area contributed by atoms with Crippen molar-refractivity contribution < 1.29 is 14.7 Å². The third kappa shape index (κ3) is 6.54. The first-order valence-electron chi connectivity index (χ1n) is 3.46. The third-order valence-electron chi connectivity index (χ3n) is 1.02. The monoisotopic (exact) mass is 169 g/mol. The number of amides is 1. The van der Waals surface area contributed by atoms with Gasteiger partial charge in [0.25, 0.3) is 0 Å². The van der Waals surface area contributed by atoms with Gasteiger partial charge in [-0.15, -0.1) is 6.58 Å². The Hall–Kier alpha value is -1.58. The van der Waals surface area contributed by atoms with Crippen LogP contribution < -0.4 is 5.32 Å². The van der Waals surface area contributed by atoms with E-state index in [2.05, 4.69) is 11.9 Å². The molecule has 0 aromatic rings. The van der Waals surface area contributed by atoms with Crippen LogP contribution in [0.2, 0.25) is 0 Å². The van der Waals surface area contributed by atoms with Crippen molar-refractivity contribution in [3.63, 3.8) is 0 Å². The van der Waals surface area contributed by atoms with Gasteiger partial charge in [0.2, 0.25) is 5.91 Å².